The van der Waals surface area contributed by atoms with E-state index < -0.39 is 6.10 Å². The van der Waals surface area contributed by atoms with Crippen molar-refractivity contribution in [1.82, 2.24) is 5.32 Å². The van der Waals surface area contributed by atoms with Crippen LogP contribution in [-0.4, -0.2) is 31.4 Å². The fourth-order valence-corrected chi connectivity index (χ4v) is 1.97. The molecule has 5 nitrogen and oxygen atoms in total. The minimum absolute atomic E-state index is 0.0919. The Morgan fingerprint density at radius 2 is 2.20 bits per heavy atom. The monoisotopic (exact) mass is 276 g/mol. The number of nitrogens with one attached hydrogen (secondary N) is 1. The number of ether oxygens (including phenoxy) is 1. The van der Waals surface area contributed by atoms with Crippen LogP contribution < -0.4 is 10.1 Å². The summed E-state index contributed by atoms with van der Waals surface area (Å²) >= 11 is 0. The van der Waals surface area contributed by atoms with Crippen molar-refractivity contribution in [3.8, 4) is 5.75 Å². The number of nitrogens with zero attached hydrogens (tertiary/aromatic N) is 1. The molecule has 5 heteroatoms. The van der Waals surface area contributed by atoms with E-state index in [9.17, 15) is 4.79 Å². The average Bonchev–Trinajstić information content (AvgIpc) is 2.97. The first kappa shape index (κ1) is 14.4. The molecular formula is C15H20N2O3. The molecule has 1 aromatic rings. The number of hydrogen-bond acceptors (Lipinski definition) is 4. The number of rotatable bonds is 6. The molecule has 0 saturated carbocycles. The van der Waals surface area contributed by atoms with Crippen LogP contribution in [0.5, 0.6) is 5.75 Å². The average molecular weight is 276 g/mol. The second-order valence-corrected chi connectivity index (χ2v) is 4.71. The predicted octanol–water partition coefficient (Wildman–Crippen LogP) is 2.10. The molecule has 1 amide bonds. The second-order valence-electron chi connectivity index (χ2n) is 4.71. The van der Waals surface area contributed by atoms with Gasteiger partial charge in [-0.15, -0.1) is 0 Å². The standard InChI is InChI=1S/C15H20N2O3/c1-3-4-9-16-15(18)14-10-13(17-20-14)11-5-7-12(19-2)8-6-11/h5-8,14H,3-4,9-10H2,1-2H3,(H,16,18)/t14-/m1/s1. The highest BCUT2D eigenvalue weighted by molar-refractivity contribution is 6.04. The van der Waals surface area contributed by atoms with Crippen LogP contribution in [-0.2, 0) is 9.63 Å². The molecule has 1 aliphatic rings. The summed E-state index contributed by atoms with van der Waals surface area (Å²) in [7, 11) is 1.63. The van der Waals surface area contributed by atoms with Crippen molar-refractivity contribution in [3.05, 3.63) is 29.8 Å². The quantitative estimate of drug-likeness (QED) is 0.809. The molecule has 20 heavy (non-hydrogen) atoms. The highest BCUT2D eigenvalue weighted by Gasteiger charge is 2.28. The van der Waals surface area contributed by atoms with Gasteiger partial charge in [0.15, 0.2) is 0 Å². The lowest BCUT2D eigenvalue weighted by molar-refractivity contribution is -0.131. The Morgan fingerprint density at radius 3 is 2.85 bits per heavy atom. The molecule has 0 aromatic heterocycles. The maximum Gasteiger partial charge on any atom is 0.264 e. The van der Waals surface area contributed by atoms with Crippen LogP contribution >= 0.6 is 0 Å². The fraction of sp³-hybridized carbons (Fsp3) is 0.467. The first-order valence-corrected chi connectivity index (χ1v) is 6.89. The summed E-state index contributed by atoms with van der Waals surface area (Å²) in [6.07, 6.45) is 2.03. The van der Waals surface area contributed by atoms with Gasteiger partial charge in [-0.25, -0.2) is 0 Å². The molecule has 1 atom stereocenters. The third-order valence-electron chi connectivity index (χ3n) is 3.21. The van der Waals surface area contributed by atoms with Crippen LogP contribution in [0.25, 0.3) is 0 Å². The Labute approximate surface area is 118 Å². The zero-order valence-corrected chi connectivity index (χ0v) is 11.9. The number of methoxy groups -OCH3 is 1. The Bertz CT molecular complexity index is 482. The SMILES string of the molecule is CCCCNC(=O)[C@H]1CC(c2ccc(OC)cc2)=NO1. The number of carbonyl (C=O) groups excluding carboxylic acids is 1. The van der Waals surface area contributed by atoms with Gasteiger partial charge in [0.05, 0.1) is 12.8 Å². The molecule has 2 rings (SSSR count). The van der Waals surface area contributed by atoms with E-state index in [1.165, 1.54) is 0 Å². The van der Waals surface area contributed by atoms with Crippen LogP contribution in [0.2, 0.25) is 0 Å². The number of benzene rings is 1. The van der Waals surface area contributed by atoms with Crippen molar-refractivity contribution in [2.24, 2.45) is 5.16 Å². The smallest absolute Gasteiger partial charge is 0.264 e. The predicted molar refractivity (Wildman–Crippen MR) is 76.9 cm³/mol. The van der Waals surface area contributed by atoms with Gasteiger partial charge in [0.2, 0.25) is 6.10 Å². The van der Waals surface area contributed by atoms with Crippen molar-refractivity contribution >= 4 is 11.6 Å². The summed E-state index contributed by atoms with van der Waals surface area (Å²) < 4.78 is 5.11. The second kappa shape index (κ2) is 6.93. The third kappa shape index (κ3) is 3.50. The molecule has 0 saturated heterocycles. The van der Waals surface area contributed by atoms with Crippen LogP contribution in [0.3, 0.4) is 0 Å². The van der Waals surface area contributed by atoms with Gasteiger partial charge in [0, 0.05) is 13.0 Å². The third-order valence-corrected chi connectivity index (χ3v) is 3.21. The van der Waals surface area contributed by atoms with Gasteiger partial charge in [-0.3, -0.25) is 4.79 Å². The highest BCUT2D eigenvalue weighted by atomic mass is 16.6. The van der Waals surface area contributed by atoms with Crippen molar-refractivity contribution in [1.29, 1.82) is 0 Å². The zero-order valence-electron chi connectivity index (χ0n) is 11.9. The first-order chi connectivity index (χ1) is 9.74. The van der Waals surface area contributed by atoms with Gasteiger partial charge < -0.3 is 14.9 Å². The number of hydrogen-bond donors (Lipinski definition) is 1. The van der Waals surface area contributed by atoms with Gasteiger partial charge in [0.25, 0.3) is 5.91 Å². The lowest BCUT2D eigenvalue weighted by Crippen LogP contribution is -2.35. The summed E-state index contributed by atoms with van der Waals surface area (Å²) in [5.41, 5.74) is 1.75. The van der Waals surface area contributed by atoms with Gasteiger partial charge in [-0.1, -0.05) is 18.5 Å². The molecular weight excluding hydrogens is 256 g/mol. The fourth-order valence-electron chi connectivity index (χ4n) is 1.97. The largest absolute Gasteiger partial charge is 0.497 e. The summed E-state index contributed by atoms with van der Waals surface area (Å²) in [6.45, 7) is 2.77. The van der Waals surface area contributed by atoms with Crippen molar-refractivity contribution < 1.29 is 14.4 Å². The van der Waals surface area contributed by atoms with E-state index in [4.69, 9.17) is 9.57 Å². The Hall–Kier alpha value is -2.04. The molecule has 108 valence electrons. The molecule has 1 aromatic carbocycles. The summed E-state index contributed by atoms with van der Waals surface area (Å²) in [6, 6.07) is 7.57. The van der Waals surface area contributed by atoms with E-state index in [2.05, 4.69) is 17.4 Å². The van der Waals surface area contributed by atoms with Crippen LogP contribution in [0.15, 0.2) is 29.4 Å². The van der Waals surface area contributed by atoms with Gasteiger partial charge in [-0.2, -0.15) is 0 Å². The Kier molecular flexibility index (Phi) is 4.98. The summed E-state index contributed by atoms with van der Waals surface area (Å²) in [5, 5.41) is 6.87. The van der Waals surface area contributed by atoms with E-state index >= 15 is 0 Å². The number of amides is 1. The van der Waals surface area contributed by atoms with Gasteiger partial charge in [0.1, 0.15) is 5.75 Å². The number of carbonyl (C=O) groups is 1. The van der Waals surface area contributed by atoms with E-state index in [0.29, 0.717) is 13.0 Å². The lowest BCUT2D eigenvalue weighted by atomic mass is 10.0. The van der Waals surface area contributed by atoms with E-state index in [-0.39, 0.29) is 5.91 Å². The van der Waals surface area contributed by atoms with Crippen molar-refractivity contribution in [3.63, 3.8) is 0 Å². The van der Waals surface area contributed by atoms with Gasteiger partial charge >= 0.3 is 0 Å². The highest BCUT2D eigenvalue weighted by Crippen LogP contribution is 2.19. The minimum Gasteiger partial charge on any atom is -0.497 e. The number of unbranched alkanes of at least 4 members (excludes halogenated alkanes) is 1. The lowest BCUT2D eigenvalue weighted by Gasteiger charge is -2.08. The normalized spacial score (nSPS) is 17.3. The maximum absolute atomic E-state index is 11.9. The topological polar surface area (TPSA) is 59.9 Å². The van der Waals surface area contributed by atoms with Gasteiger partial charge in [-0.05, 0) is 36.2 Å². The molecule has 1 N–H and O–H groups in total. The molecule has 0 fully saturated rings. The van der Waals surface area contributed by atoms with Crippen LogP contribution in [0, 0.1) is 0 Å². The molecule has 1 aliphatic heterocycles. The van der Waals surface area contributed by atoms with Crippen molar-refractivity contribution in [2.45, 2.75) is 32.3 Å². The summed E-state index contributed by atoms with van der Waals surface area (Å²) in [4.78, 5) is 17.1. The molecule has 1 heterocycles. The molecule has 0 radical (unpaired) electrons. The van der Waals surface area contributed by atoms with Crippen molar-refractivity contribution in [2.75, 3.05) is 13.7 Å². The molecule has 0 unspecified atom stereocenters. The van der Waals surface area contributed by atoms with E-state index in [1.54, 1.807) is 7.11 Å². The maximum atomic E-state index is 11.9. The van der Waals surface area contributed by atoms with E-state index in [0.717, 1.165) is 29.9 Å². The zero-order chi connectivity index (χ0) is 14.4. The van der Waals surface area contributed by atoms with Crippen LogP contribution in [0.4, 0.5) is 0 Å². The summed E-state index contributed by atoms with van der Waals surface area (Å²) in [5.74, 6) is 0.702. The Morgan fingerprint density at radius 1 is 1.45 bits per heavy atom. The molecule has 0 spiro atoms. The number of oxime groups is 1. The minimum atomic E-state index is -0.510. The Balaban J connectivity index is 1.88. The molecule has 0 aliphatic carbocycles. The van der Waals surface area contributed by atoms with E-state index in [1.807, 2.05) is 24.3 Å². The van der Waals surface area contributed by atoms with Crippen LogP contribution in [0.1, 0.15) is 31.7 Å². The molecule has 0 bridgehead atoms. The first-order valence-electron chi connectivity index (χ1n) is 6.89.